The van der Waals surface area contributed by atoms with Crippen LogP contribution >= 0.6 is 0 Å². The molecule has 4 aromatic rings. The molecule has 5 heteroatoms. The van der Waals surface area contributed by atoms with Gasteiger partial charge < -0.3 is 5.32 Å². The molecule has 0 aliphatic rings. The highest BCUT2D eigenvalue weighted by atomic mass is 16.1. The Labute approximate surface area is 195 Å². The fraction of sp³-hybridized carbons (Fsp3) is 0.321. The fourth-order valence-corrected chi connectivity index (χ4v) is 4.44. The number of amides is 1. The number of benzene rings is 2. The van der Waals surface area contributed by atoms with Crippen LogP contribution in [0.3, 0.4) is 0 Å². The van der Waals surface area contributed by atoms with Crippen molar-refractivity contribution in [1.82, 2.24) is 14.8 Å². The van der Waals surface area contributed by atoms with Crippen LogP contribution in [0.4, 0.5) is 5.69 Å². The molecule has 33 heavy (non-hydrogen) atoms. The molecule has 4 rings (SSSR count). The quantitative estimate of drug-likeness (QED) is 0.394. The largest absolute Gasteiger partial charge is 0.326 e. The SMILES string of the molecule is CCc1cccc(NC(=O)CCc2c(C)nc3c(c(C)nn3-c3ccc(C)c(C)c3)c2C)c1. The monoisotopic (exact) mass is 440 g/mol. The lowest BCUT2D eigenvalue weighted by atomic mass is 9.99. The molecule has 0 aliphatic carbocycles. The van der Waals surface area contributed by atoms with Gasteiger partial charge in [-0.3, -0.25) is 4.79 Å². The van der Waals surface area contributed by atoms with E-state index in [9.17, 15) is 4.79 Å². The molecule has 1 amide bonds. The molecular formula is C28H32N4O. The summed E-state index contributed by atoms with van der Waals surface area (Å²) in [5.74, 6) is 0.0182. The Balaban J connectivity index is 1.60. The molecule has 2 aromatic carbocycles. The van der Waals surface area contributed by atoms with Crippen LogP contribution in [-0.2, 0) is 17.6 Å². The van der Waals surface area contributed by atoms with Gasteiger partial charge in [-0.05, 0) is 99.5 Å². The highest BCUT2D eigenvalue weighted by Gasteiger charge is 2.18. The molecule has 0 fully saturated rings. The van der Waals surface area contributed by atoms with Crippen LogP contribution < -0.4 is 5.32 Å². The van der Waals surface area contributed by atoms with Gasteiger partial charge in [0.1, 0.15) is 0 Å². The number of hydrogen-bond acceptors (Lipinski definition) is 3. The van der Waals surface area contributed by atoms with E-state index < -0.39 is 0 Å². The first kappa shape index (κ1) is 22.7. The average Bonchev–Trinajstić information content (AvgIpc) is 3.11. The summed E-state index contributed by atoms with van der Waals surface area (Å²) in [4.78, 5) is 17.6. The topological polar surface area (TPSA) is 59.8 Å². The minimum Gasteiger partial charge on any atom is -0.326 e. The Morgan fingerprint density at radius 2 is 1.76 bits per heavy atom. The van der Waals surface area contributed by atoms with Gasteiger partial charge in [-0.25, -0.2) is 9.67 Å². The molecule has 0 spiro atoms. The summed E-state index contributed by atoms with van der Waals surface area (Å²) < 4.78 is 1.94. The first-order valence-corrected chi connectivity index (χ1v) is 11.6. The summed E-state index contributed by atoms with van der Waals surface area (Å²) in [6, 6.07) is 14.4. The number of carbonyl (C=O) groups excluding carboxylic acids is 1. The summed E-state index contributed by atoms with van der Waals surface area (Å²) in [5.41, 5.74) is 10.6. The molecule has 1 N–H and O–H groups in total. The van der Waals surface area contributed by atoms with Gasteiger partial charge in [0, 0.05) is 23.2 Å². The Bertz CT molecular complexity index is 1350. The maximum absolute atomic E-state index is 12.6. The number of aryl methyl sites for hydroxylation is 6. The van der Waals surface area contributed by atoms with E-state index in [2.05, 4.69) is 57.3 Å². The zero-order chi connectivity index (χ0) is 23.7. The number of aromatic nitrogens is 3. The number of nitrogens with one attached hydrogen (secondary N) is 1. The Kier molecular flexibility index (Phi) is 6.32. The molecule has 2 heterocycles. The number of nitrogens with zero attached hydrogens (tertiary/aromatic N) is 3. The lowest BCUT2D eigenvalue weighted by Crippen LogP contribution is -2.13. The van der Waals surface area contributed by atoms with Gasteiger partial charge >= 0.3 is 0 Å². The minimum atomic E-state index is 0.0182. The van der Waals surface area contributed by atoms with Gasteiger partial charge in [-0.15, -0.1) is 0 Å². The number of hydrogen-bond donors (Lipinski definition) is 1. The van der Waals surface area contributed by atoms with Crippen LogP contribution in [0.25, 0.3) is 16.7 Å². The molecule has 0 bridgehead atoms. The molecule has 0 radical (unpaired) electrons. The zero-order valence-corrected chi connectivity index (χ0v) is 20.4. The van der Waals surface area contributed by atoms with Gasteiger partial charge in [0.15, 0.2) is 5.65 Å². The second kappa shape index (κ2) is 9.18. The van der Waals surface area contributed by atoms with Crippen molar-refractivity contribution < 1.29 is 4.79 Å². The van der Waals surface area contributed by atoms with Gasteiger partial charge in [-0.1, -0.05) is 25.1 Å². The number of anilines is 1. The van der Waals surface area contributed by atoms with Crippen molar-refractivity contribution in [1.29, 1.82) is 0 Å². The number of carbonyl (C=O) groups is 1. The van der Waals surface area contributed by atoms with E-state index >= 15 is 0 Å². The summed E-state index contributed by atoms with van der Waals surface area (Å²) in [5, 5.41) is 8.92. The maximum atomic E-state index is 12.6. The highest BCUT2D eigenvalue weighted by molar-refractivity contribution is 5.91. The van der Waals surface area contributed by atoms with E-state index in [4.69, 9.17) is 10.1 Å². The highest BCUT2D eigenvalue weighted by Crippen LogP contribution is 2.29. The van der Waals surface area contributed by atoms with E-state index in [0.717, 1.165) is 51.3 Å². The molecule has 5 nitrogen and oxygen atoms in total. The lowest BCUT2D eigenvalue weighted by molar-refractivity contribution is -0.116. The van der Waals surface area contributed by atoms with Gasteiger partial charge in [0.05, 0.1) is 11.4 Å². The first-order valence-electron chi connectivity index (χ1n) is 11.6. The van der Waals surface area contributed by atoms with Gasteiger partial charge in [0.25, 0.3) is 0 Å². The second-order valence-electron chi connectivity index (χ2n) is 8.87. The van der Waals surface area contributed by atoms with Crippen molar-refractivity contribution in [3.05, 3.63) is 81.7 Å². The van der Waals surface area contributed by atoms with Crippen LogP contribution in [0.5, 0.6) is 0 Å². The average molecular weight is 441 g/mol. The second-order valence-corrected chi connectivity index (χ2v) is 8.87. The van der Waals surface area contributed by atoms with E-state index in [1.54, 1.807) is 0 Å². The normalized spacial score (nSPS) is 11.2. The van der Waals surface area contributed by atoms with Crippen LogP contribution in [0.1, 0.15) is 52.5 Å². The molecule has 0 saturated carbocycles. The van der Waals surface area contributed by atoms with Crippen molar-refractivity contribution >= 4 is 22.6 Å². The molecule has 0 unspecified atom stereocenters. The summed E-state index contributed by atoms with van der Waals surface area (Å²) >= 11 is 0. The van der Waals surface area contributed by atoms with Crippen molar-refractivity contribution in [2.75, 3.05) is 5.32 Å². The van der Waals surface area contributed by atoms with Crippen molar-refractivity contribution in [2.45, 2.75) is 60.8 Å². The molecule has 0 atom stereocenters. The summed E-state index contributed by atoms with van der Waals surface area (Å²) in [6.45, 7) is 12.5. The third kappa shape index (κ3) is 4.54. The van der Waals surface area contributed by atoms with E-state index in [1.165, 1.54) is 16.7 Å². The molecule has 170 valence electrons. The Morgan fingerprint density at radius 1 is 0.970 bits per heavy atom. The number of pyridine rings is 1. The van der Waals surface area contributed by atoms with E-state index in [1.807, 2.05) is 36.7 Å². The molecule has 0 aliphatic heterocycles. The van der Waals surface area contributed by atoms with Crippen LogP contribution in [0.15, 0.2) is 42.5 Å². The van der Waals surface area contributed by atoms with Crippen molar-refractivity contribution in [3.63, 3.8) is 0 Å². The van der Waals surface area contributed by atoms with Crippen molar-refractivity contribution in [2.24, 2.45) is 0 Å². The predicted molar refractivity (Wildman–Crippen MR) is 135 cm³/mol. The van der Waals surface area contributed by atoms with Gasteiger partial charge in [-0.2, -0.15) is 5.10 Å². The van der Waals surface area contributed by atoms with Crippen molar-refractivity contribution in [3.8, 4) is 5.69 Å². The van der Waals surface area contributed by atoms with Crippen LogP contribution in [0, 0.1) is 34.6 Å². The Hall–Kier alpha value is -3.47. The smallest absolute Gasteiger partial charge is 0.224 e. The molecule has 0 saturated heterocycles. The van der Waals surface area contributed by atoms with E-state index in [0.29, 0.717) is 12.8 Å². The Morgan fingerprint density at radius 3 is 2.48 bits per heavy atom. The first-order chi connectivity index (χ1) is 15.8. The summed E-state index contributed by atoms with van der Waals surface area (Å²) in [7, 11) is 0. The predicted octanol–water partition coefficient (Wildman–Crippen LogP) is 6.10. The van der Waals surface area contributed by atoms with Crippen LogP contribution in [-0.4, -0.2) is 20.7 Å². The third-order valence-corrected chi connectivity index (χ3v) is 6.53. The van der Waals surface area contributed by atoms with E-state index in [-0.39, 0.29) is 5.91 Å². The third-order valence-electron chi connectivity index (χ3n) is 6.53. The number of fused-ring (bicyclic) bond motifs is 1. The molecular weight excluding hydrogens is 408 g/mol. The zero-order valence-electron chi connectivity index (χ0n) is 20.4. The van der Waals surface area contributed by atoms with Gasteiger partial charge in [0.2, 0.25) is 5.91 Å². The number of rotatable bonds is 6. The summed E-state index contributed by atoms with van der Waals surface area (Å²) in [6.07, 6.45) is 2.01. The standard InChI is InChI=1S/C28H32N4O/c1-7-22-9-8-10-23(16-22)30-26(33)14-13-25-19(4)27-21(6)31-32(28(27)29-20(25)5)24-12-11-17(2)18(3)15-24/h8-12,15-16H,7,13-14H2,1-6H3,(H,30,33). The molecule has 2 aromatic heterocycles. The van der Waals surface area contributed by atoms with Crippen LogP contribution in [0.2, 0.25) is 0 Å². The fourth-order valence-electron chi connectivity index (χ4n) is 4.44. The minimum absolute atomic E-state index is 0.0182. The lowest BCUT2D eigenvalue weighted by Gasteiger charge is -2.12. The maximum Gasteiger partial charge on any atom is 0.224 e.